The van der Waals surface area contributed by atoms with E-state index in [9.17, 15) is 14.9 Å². The number of esters is 1. The molecule has 0 saturated heterocycles. The number of benzene rings is 1. The number of carbonyl (C=O) groups excluding carboxylic acids is 1. The minimum absolute atomic E-state index is 0.0303. The first-order chi connectivity index (χ1) is 9.56. The van der Waals surface area contributed by atoms with Crippen LogP contribution in [0.3, 0.4) is 0 Å². The van der Waals surface area contributed by atoms with Gasteiger partial charge in [0, 0.05) is 18.7 Å². The third-order valence-electron chi connectivity index (χ3n) is 3.07. The van der Waals surface area contributed by atoms with Crippen molar-refractivity contribution >= 4 is 23.0 Å². The van der Waals surface area contributed by atoms with E-state index in [1.54, 1.807) is 12.1 Å². The topological polar surface area (TPSA) is 93.5 Å². The number of rotatable bonds is 4. The zero-order valence-corrected chi connectivity index (χ0v) is 11.0. The highest BCUT2D eigenvalue weighted by Gasteiger charge is 2.27. The van der Waals surface area contributed by atoms with Crippen LogP contribution in [0.15, 0.2) is 24.8 Å². The van der Waals surface area contributed by atoms with E-state index in [0.717, 1.165) is 0 Å². The van der Waals surface area contributed by atoms with Crippen molar-refractivity contribution in [3.05, 3.63) is 40.5 Å². The number of nitrogens with zero attached hydrogens (tertiary/aromatic N) is 1. The van der Waals surface area contributed by atoms with Crippen LogP contribution >= 0.6 is 0 Å². The first-order valence-electron chi connectivity index (χ1n) is 6.09. The molecule has 7 heteroatoms. The van der Waals surface area contributed by atoms with E-state index in [2.05, 4.69) is 21.9 Å². The van der Waals surface area contributed by atoms with Crippen molar-refractivity contribution in [1.29, 1.82) is 0 Å². The predicted molar refractivity (Wildman–Crippen MR) is 75.2 cm³/mol. The first kappa shape index (κ1) is 13.9. The number of anilines is 2. The van der Waals surface area contributed by atoms with E-state index in [1.807, 2.05) is 0 Å². The third-order valence-corrected chi connectivity index (χ3v) is 3.07. The van der Waals surface area contributed by atoms with Gasteiger partial charge in [0.2, 0.25) is 0 Å². The molecule has 20 heavy (non-hydrogen) atoms. The van der Waals surface area contributed by atoms with E-state index in [-0.39, 0.29) is 17.3 Å². The van der Waals surface area contributed by atoms with E-state index in [4.69, 9.17) is 0 Å². The van der Waals surface area contributed by atoms with Gasteiger partial charge in [0.15, 0.2) is 0 Å². The van der Waals surface area contributed by atoms with Crippen LogP contribution in [0.4, 0.5) is 17.1 Å². The smallest absolute Gasteiger partial charge is 0.338 e. The van der Waals surface area contributed by atoms with E-state index in [0.29, 0.717) is 24.3 Å². The molecule has 1 aromatic rings. The third kappa shape index (κ3) is 2.56. The Hall–Kier alpha value is -2.57. The lowest BCUT2D eigenvalue weighted by molar-refractivity contribution is -0.384. The van der Waals surface area contributed by atoms with Gasteiger partial charge >= 0.3 is 5.97 Å². The van der Waals surface area contributed by atoms with Gasteiger partial charge in [-0.05, 0) is 12.5 Å². The second-order valence-electron chi connectivity index (χ2n) is 4.41. The van der Waals surface area contributed by atoms with Crippen LogP contribution in [-0.2, 0) is 4.74 Å². The molecule has 0 fully saturated rings. The minimum atomic E-state index is -0.606. The number of nitro groups is 1. The molecular weight excluding hydrogens is 262 g/mol. The van der Waals surface area contributed by atoms with Gasteiger partial charge in [-0.1, -0.05) is 6.08 Å². The molecule has 0 spiro atoms. The molecule has 0 saturated carbocycles. The average molecular weight is 277 g/mol. The monoisotopic (exact) mass is 277 g/mol. The summed E-state index contributed by atoms with van der Waals surface area (Å²) in [4.78, 5) is 22.2. The Kier molecular flexibility index (Phi) is 3.88. The molecule has 0 radical (unpaired) electrons. The van der Waals surface area contributed by atoms with Crippen molar-refractivity contribution in [2.45, 2.75) is 12.5 Å². The first-order valence-corrected chi connectivity index (χ1v) is 6.09. The number of fused-ring (bicyclic) bond motifs is 1. The molecule has 2 rings (SSSR count). The van der Waals surface area contributed by atoms with E-state index >= 15 is 0 Å². The fraction of sp³-hybridized carbons (Fsp3) is 0.308. The van der Waals surface area contributed by atoms with Crippen LogP contribution in [0.1, 0.15) is 16.8 Å². The largest absolute Gasteiger partial charge is 0.465 e. The zero-order chi connectivity index (χ0) is 14.7. The van der Waals surface area contributed by atoms with Crippen LogP contribution in [0.25, 0.3) is 0 Å². The van der Waals surface area contributed by atoms with Gasteiger partial charge in [-0.15, -0.1) is 6.58 Å². The molecule has 1 atom stereocenters. The lowest BCUT2D eigenvalue weighted by Gasteiger charge is -2.27. The van der Waals surface area contributed by atoms with Crippen molar-refractivity contribution < 1.29 is 14.5 Å². The number of hydrogen-bond acceptors (Lipinski definition) is 6. The molecule has 7 nitrogen and oxygen atoms in total. The summed E-state index contributed by atoms with van der Waals surface area (Å²) in [6.07, 6.45) is 2.43. The number of carbonyl (C=O) groups is 1. The maximum Gasteiger partial charge on any atom is 0.338 e. The highest BCUT2D eigenvalue weighted by molar-refractivity contribution is 5.95. The summed E-state index contributed by atoms with van der Waals surface area (Å²) in [6.45, 7) is 4.25. The maximum absolute atomic E-state index is 11.5. The van der Waals surface area contributed by atoms with Gasteiger partial charge < -0.3 is 15.4 Å². The molecule has 0 amide bonds. The van der Waals surface area contributed by atoms with E-state index in [1.165, 1.54) is 13.2 Å². The fourth-order valence-corrected chi connectivity index (χ4v) is 2.13. The summed E-state index contributed by atoms with van der Waals surface area (Å²) >= 11 is 0. The molecule has 0 bridgehead atoms. The summed E-state index contributed by atoms with van der Waals surface area (Å²) in [5.41, 5.74) is 0.916. The highest BCUT2D eigenvalue weighted by Crippen LogP contribution is 2.37. The summed E-state index contributed by atoms with van der Waals surface area (Å²) in [7, 11) is 1.24. The Labute approximate surface area is 115 Å². The average Bonchev–Trinajstić information content (AvgIpc) is 2.45. The second-order valence-corrected chi connectivity index (χ2v) is 4.41. The molecule has 0 aliphatic carbocycles. The summed E-state index contributed by atoms with van der Waals surface area (Å²) < 4.78 is 4.60. The summed E-state index contributed by atoms with van der Waals surface area (Å²) in [5, 5.41) is 17.4. The van der Waals surface area contributed by atoms with Gasteiger partial charge in [0.05, 0.1) is 23.3 Å². The van der Waals surface area contributed by atoms with Gasteiger partial charge in [-0.25, -0.2) is 4.79 Å². The van der Waals surface area contributed by atoms with Crippen LogP contribution in [-0.4, -0.2) is 30.6 Å². The lowest BCUT2D eigenvalue weighted by atomic mass is 10.1. The van der Waals surface area contributed by atoms with Crippen molar-refractivity contribution in [1.82, 2.24) is 0 Å². The van der Waals surface area contributed by atoms with Crippen molar-refractivity contribution in [2.24, 2.45) is 0 Å². The Morgan fingerprint density at radius 3 is 3.00 bits per heavy atom. The molecule has 1 heterocycles. The number of methoxy groups -OCH3 is 1. The summed E-state index contributed by atoms with van der Waals surface area (Å²) in [6, 6.07) is 2.80. The van der Waals surface area contributed by atoms with Crippen molar-refractivity contribution in [3.63, 3.8) is 0 Å². The van der Waals surface area contributed by atoms with Gasteiger partial charge in [0.25, 0.3) is 5.69 Å². The normalized spacial score (nSPS) is 16.4. The number of hydrogen-bond donors (Lipinski definition) is 2. The quantitative estimate of drug-likeness (QED) is 0.379. The van der Waals surface area contributed by atoms with Gasteiger partial charge in [-0.2, -0.15) is 0 Å². The van der Waals surface area contributed by atoms with Crippen LogP contribution in [0, 0.1) is 10.1 Å². The van der Waals surface area contributed by atoms with Crippen molar-refractivity contribution in [3.8, 4) is 0 Å². The molecule has 1 aliphatic rings. The number of nitro benzene ring substituents is 1. The van der Waals surface area contributed by atoms with Gasteiger partial charge in [-0.3, -0.25) is 10.1 Å². The zero-order valence-electron chi connectivity index (χ0n) is 11.0. The standard InChI is InChI=1S/C13H15N3O4/c1-3-4-9-7-14-10-5-8(13(17)20-2)6-11(16(18)19)12(10)15-9/h3,5-6,9,14-15H,1,4,7H2,2H3/t9-/m0/s1. The number of nitrogens with one attached hydrogen (secondary N) is 2. The molecule has 1 aliphatic heterocycles. The Morgan fingerprint density at radius 2 is 2.40 bits per heavy atom. The second kappa shape index (κ2) is 5.60. The van der Waals surface area contributed by atoms with Gasteiger partial charge in [0.1, 0.15) is 5.69 Å². The minimum Gasteiger partial charge on any atom is -0.465 e. The Balaban J connectivity index is 2.45. The molecular formula is C13H15N3O4. The Bertz CT molecular complexity index is 571. The van der Waals surface area contributed by atoms with Crippen LogP contribution in [0.5, 0.6) is 0 Å². The van der Waals surface area contributed by atoms with Crippen molar-refractivity contribution in [2.75, 3.05) is 24.3 Å². The van der Waals surface area contributed by atoms with Crippen LogP contribution < -0.4 is 10.6 Å². The Morgan fingerprint density at radius 1 is 1.65 bits per heavy atom. The fourth-order valence-electron chi connectivity index (χ4n) is 2.13. The lowest BCUT2D eigenvalue weighted by Crippen LogP contribution is -2.33. The number of ether oxygens (including phenoxy) is 1. The molecule has 1 aromatic carbocycles. The summed E-state index contributed by atoms with van der Waals surface area (Å²) in [5.74, 6) is -0.606. The predicted octanol–water partition coefficient (Wildman–Crippen LogP) is 2.16. The molecule has 106 valence electrons. The molecule has 2 N–H and O–H groups in total. The highest BCUT2D eigenvalue weighted by atomic mass is 16.6. The SMILES string of the molecule is C=CC[C@H]1CNc2cc(C(=O)OC)cc([N+](=O)[O-])c2N1. The molecule has 0 aromatic heterocycles. The molecule has 0 unspecified atom stereocenters. The van der Waals surface area contributed by atoms with Crippen LogP contribution in [0.2, 0.25) is 0 Å². The van der Waals surface area contributed by atoms with E-state index < -0.39 is 10.9 Å². The maximum atomic E-state index is 11.5.